The van der Waals surface area contributed by atoms with Crippen LogP contribution in [0.15, 0.2) is 0 Å². The summed E-state index contributed by atoms with van der Waals surface area (Å²) in [7, 11) is 0. The average Bonchev–Trinajstić information content (AvgIpc) is 2.12. The van der Waals surface area contributed by atoms with Gasteiger partial charge in [0.25, 0.3) is 0 Å². The molecule has 0 aliphatic heterocycles. The van der Waals surface area contributed by atoms with Crippen molar-refractivity contribution in [3.63, 3.8) is 0 Å². The molecule has 70 valence electrons. The van der Waals surface area contributed by atoms with Gasteiger partial charge in [0.05, 0.1) is 0 Å². The minimum absolute atomic E-state index is 0.662. The topological polar surface area (TPSA) is 20.2 Å². The molecule has 0 aliphatic rings. The van der Waals surface area contributed by atoms with Crippen molar-refractivity contribution >= 4 is 0 Å². The summed E-state index contributed by atoms with van der Waals surface area (Å²) in [6.07, 6.45) is 11.3. The molecule has 0 aromatic heterocycles. The van der Waals surface area contributed by atoms with Gasteiger partial charge in [-0.15, -0.1) is 6.42 Å². The largest absolute Gasteiger partial charge is 0.378 e. The van der Waals surface area contributed by atoms with Crippen molar-refractivity contribution in [1.29, 1.82) is 0 Å². The normalized spacial score (nSPS) is 15.2. The van der Waals surface area contributed by atoms with Crippen molar-refractivity contribution in [1.82, 2.24) is 0 Å². The lowest BCUT2D eigenvalue weighted by Gasteiger charge is -2.19. The molecule has 1 unspecified atom stereocenters. The van der Waals surface area contributed by atoms with Gasteiger partial charge in [0.15, 0.2) is 0 Å². The number of aliphatic hydroxyl groups is 1. The number of terminal acetylenes is 1. The van der Waals surface area contributed by atoms with Gasteiger partial charge in [0.1, 0.15) is 5.60 Å². The Bertz CT molecular complexity index is 146. The highest BCUT2D eigenvalue weighted by Gasteiger charge is 2.19. The zero-order chi connectivity index (χ0) is 9.45. The van der Waals surface area contributed by atoms with Crippen LogP contribution in [0.3, 0.4) is 0 Å². The van der Waals surface area contributed by atoms with Gasteiger partial charge in [-0.3, -0.25) is 0 Å². The maximum absolute atomic E-state index is 9.69. The number of hydrogen-bond acceptors (Lipinski definition) is 1. The Balaban J connectivity index is 3.54. The summed E-state index contributed by atoms with van der Waals surface area (Å²) in [5.74, 6) is 2.46. The highest BCUT2D eigenvalue weighted by Crippen LogP contribution is 2.17. The summed E-state index contributed by atoms with van der Waals surface area (Å²) in [6.45, 7) is 4.10. The third kappa shape index (κ3) is 4.41. The zero-order valence-corrected chi connectivity index (χ0v) is 8.27. The Kier molecular flexibility index (Phi) is 5.84. The molecule has 0 radical (unpaired) electrons. The first-order valence-corrected chi connectivity index (χ1v) is 4.88. The molecule has 12 heavy (non-hydrogen) atoms. The van der Waals surface area contributed by atoms with Crippen molar-refractivity contribution < 1.29 is 5.11 Å². The van der Waals surface area contributed by atoms with Gasteiger partial charge in [-0.1, -0.05) is 39.0 Å². The Morgan fingerprint density at radius 2 is 1.92 bits per heavy atom. The first-order chi connectivity index (χ1) is 5.68. The standard InChI is InChI=1S/C11H20O/c1-4-7-8-9-10-11(12,5-2)6-3/h2,12H,4,6-10H2,1,3H3. The summed E-state index contributed by atoms with van der Waals surface area (Å²) in [4.78, 5) is 0. The van der Waals surface area contributed by atoms with Crippen LogP contribution in [0.5, 0.6) is 0 Å². The Morgan fingerprint density at radius 1 is 1.25 bits per heavy atom. The van der Waals surface area contributed by atoms with E-state index in [0.717, 1.165) is 12.8 Å². The number of unbranched alkanes of at least 4 members (excludes halogenated alkanes) is 3. The van der Waals surface area contributed by atoms with Gasteiger partial charge in [-0.05, 0) is 19.3 Å². The van der Waals surface area contributed by atoms with E-state index in [4.69, 9.17) is 6.42 Å². The Morgan fingerprint density at radius 3 is 2.33 bits per heavy atom. The third-order valence-electron chi connectivity index (χ3n) is 2.30. The molecule has 0 saturated heterocycles. The third-order valence-corrected chi connectivity index (χ3v) is 2.30. The van der Waals surface area contributed by atoms with E-state index < -0.39 is 5.60 Å². The van der Waals surface area contributed by atoms with Crippen molar-refractivity contribution in [2.45, 2.75) is 58.0 Å². The van der Waals surface area contributed by atoms with Crippen molar-refractivity contribution in [2.75, 3.05) is 0 Å². The van der Waals surface area contributed by atoms with Crippen LogP contribution < -0.4 is 0 Å². The second-order valence-corrected chi connectivity index (χ2v) is 3.34. The molecule has 0 saturated carbocycles. The summed E-state index contributed by atoms with van der Waals surface area (Å²) >= 11 is 0. The van der Waals surface area contributed by atoms with Crippen LogP contribution in [-0.4, -0.2) is 10.7 Å². The van der Waals surface area contributed by atoms with E-state index in [1.54, 1.807) is 0 Å². The average molecular weight is 168 g/mol. The lowest BCUT2D eigenvalue weighted by molar-refractivity contribution is 0.0847. The van der Waals surface area contributed by atoms with Crippen LogP contribution in [-0.2, 0) is 0 Å². The molecule has 1 heteroatoms. The van der Waals surface area contributed by atoms with Gasteiger partial charge >= 0.3 is 0 Å². The highest BCUT2D eigenvalue weighted by atomic mass is 16.3. The van der Waals surface area contributed by atoms with Gasteiger partial charge in [0.2, 0.25) is 0 Å². The molecule has 0 aliphatic carbocycles. The second-order valence-electron chi connectivity index (χ2n) is 3.34. The zero-order valence-electron chi connectivity index (χ0n) is 8.27. The Hall–Kier alpha value is -0.480. The van der Waals surface area contributed by atoms with Crippen molar-refractivity contribution in [3.8, 4) is 12.3 Å². The molecule has 0 aromatic rings. The highest BCUT2D eigenvalue weighted by molar-refractivity contribution is 5.06. The summed E-state index contributed by atoms with van der Waals surface area (Å²) in [5.41, 5.74) is -0.840. The first kappa shape index (κ1) is 11.5. The molecule has 0 fully saturated rings. The molecule has 1 N–H and O–H groups in total. The van der Waals surface area contributed by atoms with Gasteiger partial charge in [-0.2, -0.15) is 0 Å². The lowest BCUT2D eigenvalue weighted by Crippen LogP contribution is -2.24. The van der Waals surface area contributed by atoms with Gasteiger partial charge < -0.3 is 5.11 Å². The molecule has 0 rings (SSSR count). The quantitative estimate of drug-likeness (QED) is 0.477. The van der Waals surface area contributed by atoms with E-state index in [-0.39, 0.29) is 0 Å². The smallest absolute Gasteiger partial charge is 0.125 e. The minimum Gasteiger partial charge on any atom is -0.378 e. The Labute approximate surface area is 76.2 Å². The summed E-state index contributed by atoms with van der Waals surface area (Å²) in [6, 6.07) is 0. The second kappa shape index (κ2) is 6.08. The summed E-state index contributed by atoms with van der Waals surface area (Å²) < 4.78 is 0. The van der Waals surface area contributed by atoms with Crippen LogP contribution >= 0.6 is 0 Å². The van der Waals surface area contributed by atoms with Gasteiger partial charge in [0, 0.05) is 0 Å². The van der Waals surface area contributed by atoms with Crippen molar-refractivity contribution in [2.24, 2.45) is 0 Å². The molecule has 0 aromatic carbocycles. The molecular formula is C11H20O. The van der Waals surface area contributed by atoms with Crippen LogP contribution in [0.25, 0.3) is 0 Å². The van der Waals surface area contributed by atoms with E-state index in [1.807, 2.05) is 6.92 Å². The van der Waals surface area contributed by atoms with Crippen molar-refractivity contribution in [3.05, 3.63) is 0 Å². The molecule has 0 amide bonds. The van der Waals surface area contributed by atoms with E-state index in [1.165, 1.54) is 19.3 Å². The monoisotopic (exact) mass is 168 g/mol. The fraction of sp³-hybridized carbons (Fsp3) is 0.818. The number of hydrogen-bond donors (Lipinski definition) is 1. The van der Waals surface area contributed by atoms with Crippen LogP contribution in [0.1, 0.15) is 52.4 Å². The lowest BCUT2D eigenvalue weighted by atomic mass is 9.94. The molecule has 0 heterocycles. The van der Waals surface area contributed by atoms with E-state index in [0.29, 0.717) is 6.42 Å². The predicted octanol–water partition coefficient (Wildman–Crippen LogP) is 2.73. The van der Waals surface area contributed by atoms with E-state index in [9.17, 15) is 5.11 Å². The minimum atomic E-state index is -0.840. The van der Waals surface area contributed by atoms with E-state index in [2.05, 4.69) is 12.8 Å². The molecule has 1 atom stereocenters. The van der Waals surface area contributed by atoms with E-state index >= 15 is 0 Å². The van der Waals surface area contributed by atoms with Gasteiger partial charge in [-0.25, -0.2) is 0 Å². The molecular weight excluding hydrogens is 148 g/mol. The first-order valence-electron chi connectivity index (χ1n) is 4.88. The predicted molar refractivity (Wildman–Crippen MR) is 52.8 cm³/mol. The molecule has 1 nitrogen and oxygen atoms in total. The maximum atomic E-state index is 9.69. The molecule has 0 bridgehead atoms. The van der Waals surface area contributed by atoms with Crippen LogP contribution in [0.4, 0.5) is 0 Å². The van der Waals surface area contributed by atoms with Crippen LogP contribution in [0.2, 0.25) is 0 Å². The number of rotatable bonds is 6. The van der Waals surface area contributed by atoms with Crippen LogP contribution in [0, 0.1) is 12.3 Å². The summed E-state index contributed by atoms with van der Waals surface area (Å²) in [5, 5.41) is 9.69. The molecule has 0 spiro atoms. The fourth-order valence-electron chi connectivity index (χ4n) is 1.20. The maximum Gasteiger partial charge on any atom is 0.125 e. The fourth-order valence-corrected chi connectivity index (χ4v) is 1.20. The SMILES string of the molecule is C#CC(O)(CC)CCCCCC.